The molecule has 0 aliphatic heterocycles. The maximum absolute atomic E-state index is 13.3. The molecule has 0 spiro atoms. The smallest absolute Gasteiger partial charge is 0.417 e. The van der Waals surface area contributed by atoms with Crippen LogP contribution in [-0.4, -0.2) is 112 Å². The van der Waals surface area contributed by atoms with E-state index in [0.717, 1.165) is 22.3 Å². The van der Waals surface area contributed by atoms with E-state index < -0.39 is 45.7 Å². The molecule has 0 heterocycles. The van der Waals surface area contributed by atoms with Crippen LogP contribution in [0.2, 0.25) is 0 Å². The first-order chi connectivity index (χ1) is 28.8. The third kappa shape index (κ3) is 14.5. The number of hydrogen-bond donors (Lipinski definition) is 2. The van der Waals surface area contributed by atoms with Gasteiger partial charge in [0.2, 0.25) is 0 Å². The van der Waals surface area contributed by atoms with Gasteiger partial charge in [-0.1, -0.05) is 36.4 Å². The largest absolute Gasteiger partial charge is 0.493 e. The molecule has 0 saturated carbocycles. The lowest BCUT2D eigenvalue weighted by molar-refractivity contribution is -0.175. The highest BCUT2D eigenvalue weighted by molar-refractivity contribution is 7.84. The van der Waals surface area contributed by atoms with E-state index in [1.165, 1.54) is 14.2 Å². The molecule has 0 aliphatic rings. The topological polar surface area (TPSA) is 166 Å². The fourth-order valence-electron chi connectivity index (χ4n) is 5.91. The first-order valence-corrected chi connectivity index (χ1v) is 22.4. The maximum atomic E-state index is 13.3. The summed E-state index contributed by atoms with van der Waals surface area (Å²) in [7, 11) is 0.660. The average molecular weight is 869 g/mol. The van der Waals surface area contributed by atoms with E-state index >= 15 is 0 Å². The summed E-state index contributed by atoms with van der Waals surface area (Å²) < 4.78 is 70.3. The molecule has 60 heavy (non-hydrogen) atoms. The number of aryl methyl sites for hydroxylation is 4. The number of carbonyl (C=O) groups excluding carboxylic acids is 2. The third-order valence-electron chi connectivity index (χ3n) is 9.11. The molecule has 0 fully saturated rings. The standard InChI is InChI=1S/C44H56N2O12S2/c1-29-13-9-11-15-35(29)55-27-33(25-45-17-19-53-39-21-31(3)41(59(7)49)23-37(39)51-5)57-43(47)44(48)58-34(28-56-36-16-12-10-14-30(36)2)26-46-18-20-54-40-22-32(4)42(60(8)50)24-38(40)52-6/h9-16,21-24,33-34,45-46H,17-20,25-28H2,1-8H3. The van der Waals surface area contributed by atoms with Crippen molar-refractivity contribution in [2.24, 2.45) is 0 Å². The summed E-state index contributed by atoms with van der Waals surface area (Å²) in [4.78, 5) is 27.9. The second-order valence-electron chi connectivity index (χ2n) is 13.8. The zero-order chi connectivity index (χ0) is 43.6. The van der Waals surface area contributed by atoms with Gasteiger partial charge in [-0.2, -0.15) is 0 Å². The zero-order valence-corrected chi connectivity index (χ0v) is 37.1. The Hall–Kier alpha value is -5.16. The molecule has 4 aromatic carbocycles. The van der Waals surface area contributed by atoms with Gasteiger partial charge >= 0.3 is 11.9 Å². The number of para-hydroxylation sites is 2. The van der Waals surface area contributed by atoms with Gasteiger partial charge in [-0.3, -0.25) is 8.42 Å². The van der Waals surface area contributed by atoms with Gasteiger partial charge in [0, 0.05) is 60.6 Å². The number of hydrogen-bond acceptors (Lipinski definition) is 14. The molecule has 0 bridgehead atoms. The predicted octanol–water partition coefficient (Wildman–Crippen LogP) is 5.03. The summed E-state index contributed by atoms with van der Waals surface area (Å²) in [6, 6.07) is 21.8. The number of nitrogens with one attached hydrogen (secondary N) is 2. The summed E-state index contributed by atoms with van der Waals surface area (Å²) in [5.41, 5.74) is 3.40. The van der Waals surface area contributed by atoms with Gasteiger partial charge in [0.05, 0.1) is 35.8 Å². The number of rotatable bonds is 24. The number of ether oxygens (including phenoxy) is 8. The molecule has 4 unspecified atom stereocenters. The van der Waals surface area contributed by atoms with Gasteiger partial charge in [-0.15, -0.1) is 0 Å². The Balaban J connectivity index is 1.37. The van der Waals surface area contributed by atoms with Crippen molar-refractivity contribution >= 4 is 33.5 Å². The molecule has 4 aromatic rings. The van der Waals surface area contributed by atoms with Gasteiger partial charge in [-0.25, -0.2) is 9.59 Å². The van der Waals surface area contributed by atoms with Crippen LogP contribution in [0.3, 0.4) is 0 Å². The van der Waals surface area contributed by atoms with Crippen LogP contribution in [0.4, 0.5) is 0 Å². The molecule has 2 N–H and O–H groups in total. The number of methoxy groups -OCH3 is 2. The fraction of sp³-hybridized carbons (Fsp3) is 0.409. The lowest BCUT2D eigenvalue weighted by Gasteiger charge is -2.22. The second kappa shape index (κ2) is 24.2. The van der Waals surface area contributed by atoms with Gasteiger partial charge < -0.3 is 48.5 Å². The van der Waals surface area contributed by atoms with Gasteiger partial charge in [0.15, 0.2) is 23.0 Å². The van der Waals surface area contributed by atoms with Gasteiger partial charge in [0.1, 0.15) is 50.1 Å². The van der Waals surface area contributed by atoms with Crippen molar-refractivity contribution in [2.75, 3.05) is 79.3 Å². The highest BCUT2D eigenvalue weighted by atomic mass is 32.2. The summed E-state index contributed by atoms with van der Waals surface area (Å²) >= 11 is 0. The van der Waals surface area contributed by atoms with Crippen molar-refractivity contribution in [1.82, 2.24) is 10.6 Å². The minimum absolute atomic E-state index is 0.0505. The SMILES string of the molecule is COc1cc(S(C)=O)c(C)cc1OCCNCC(COc1ccccc1C)OC(=O)C(=O)OC(CNCCOc1cc(C)c(S(C)=O)cc1OC)COc1ccccc1C. The molecule has 4 rings (SSSR count). The van der Waals surface area contributed by atoms with Crippen LogP contribution in [0.1, 0.15) is 22.3 Å². The van der Waals surface area contributed by atoms with Crippen LogP contribution < -0.4 is 39.1 Å². The van der Waals surface area contributed by atoms with Crippen molar-refractivity contribution < 1.29 is 55.9 Å². The highest BCUT2D eigenvalue weighted by Crippen LogP contribution is 2.33. The Labute approximate surface area is 357 Å². The Morgan fingerprint density at radius 3 is 1.27 bits per heavy atom. The maximum Gasteiger partial charge on any atom is 0.417 e. The number of esters is 2. The third-order valence-corrected chi connectivity index (χ3v) is 11.2. The Bertz CT molecular complexity index is 1950. The van der Waals surface area contributed by atoms with Crippen molar-refractivity contribution in [3.63, 3.8) is 0 Å². The van der Waals surface area contributed by atoms with E-state index in [1.807, 2.05) is 64.1 Å². The monoisotopic (exact) mass is 868 g/mol. The van der Waals surface area contributed by atoms with Crippen molar-refractivity contribution in [1.29, 1.82) is 0 Å². The quantitative estimate of drug-likeness (QED) is 0.0547. The first-order valence-electron chi connectivity index (χ1n) is 19.3. The summed E-state index contributed by atoms with van der Waals surface area (Å²) in [6.07, 6.45) is 1.44. The molecule has 16 heteroatoms. The molecule has 0 saturated heterocycles. The highest BCUT2D eigenvalue weighted by Gasteiger charge is 2.27. The molecule has 326 valence electrons. The second-order valence-corrected chi connectivity index (χ2v) is 16.5. The summed E-state index contributed by atoms with van der Waals surface area (Å²) in [5.74, 6) is 0.750. The molecular weight excluding hydrogens is 813 g/mol. The van der Waals surface area contributed by atoms with Crippen LogP contribution in [0, 0.1) is 27.7 Å². The Morgan fingerprint density at radius 2 is 0.917 bits per heavy atom. The van der Waals surface area contributed by atoms with E-state index in [0.29, 0.717) is 57.4 Å². The molecule has 4 atom stereocenters. The van der Waals surface area contributed by atoms with Crippen LogP contribution in [0.5, 0.6) is 34.5 Å². The van der Waals surface area contributed by atoms with Crippen molar-refractivity contribution in [2.45, 2.75) is 49.7 Å². The normalized spacial score (nSPS) is 13.0. The van der Waals surface area contributed by atoms with E-state index in [4.69, 9.17) is 37.9 Å². The summed E-state index contributed by atoms with van der Waals surface area (Å²) in [5, 5.41) is 6.40. The lowest BCUT2D eigenvalue weighted by Crippen LogP contribution is -2.42. The van der Waals surface area contributed by atoms with E-state index in [1.54, 1.807) is 48.9 Å². The molecule has 0 radical (unpaired) electrons. The minimum Gasteiger partial charge on any atom is -0.493 e. The summed E-state index contributed by atoms with van der Waals surface area (Å²) in [6.45, 7) is 8.80. The van der Waals surface area contributed by atoms with E-state index in [9.17, 15) is 18.0 Å². The van der Waals surface area contributed by atoms with Crippen LogP contribution in [-0.2, 0) is 40.7 Å². The van der Waals surface area contributed by atoms with Crippen molar-refractivity contribution in [3.05, 3.63) is 95.1 Å². The minimum atomic E-state index is -1.19. The van der Waals surface area contributed by atoms with Crippen LogP contribution in [0.15, 0.2) is 82.6 Å². The fourth-order valence-corrected chi connectivity index (χ4v) is 7.48. The predicted molar refractivity (Wildman–Crippen MR) is 230 cm³/mol. The number of carbonyl (C=O) groups is 2. The van der Waals surface area contributed by atoms with Crippen molar-refractivity contribution in [3.8, 4) is 34.5 Å². The number of benzene rings is 4. The average Bonchev–Trinajstić information content (AvgIpc) is 3.22. The van der Waals surface area contributed by atoms with E-state index in [-0.39, 0.29) is 39.5 Å². The molecule has 14 nitrogen and oxygen atoms in total. The molecular formula is C44H56N2O12S2. The van der Waals surface area contributed by atoms with E-state index in [2.05, 4.69) is 10.6 Å². The molecule has 0 amide bonds. The van der Waals surface area contributed by atoms with Gasteiger partial charge in [0.25, 0.3) is 0 Å². The molecule has 0 aromatic heterocycles. The van der Waals surface area contributed by atoms with Gasteiger partial charge in [-0.05, 0) is 74.2 Å². The lowest BCUT2D eigenvalue weighted by atomic mass is 10.2. The van der Waals surface area contributed by atoms with Crippen LogP contribution >= 0.6 is 0 Å². The Kier molecular flexibility index (Phi) is 19.2. The zero-order valence-electron chi connectivity index (χ0n) is 35.5. The van der Waals surface area contributed by atoms with Crippen LogP contribution in [0.25, 0.3) is 0 Å². The Morgan fingerprint density at radius 1 is 0.533 bits per heavy atom. The first kappa shape index (κ1) is 47.5. The molecule has 0 aliphatic carbocycles.